The number of thiazole rings is 1. The highest BCUT2D eigenvalue weighted by atomic mass is 32.1. The van der Waals surface area contributed by atoms with E-state index in [4.69, 9.17) is 0 Å². The highest BCUT2D eigenvalue weighted by Gasteiger charge is 2.15. The zero-order valence-electron chi connectivity index (χ0n) is 12.4. The van der Waals surface area contributed by atoms with Crippen LogP contribution in [0.15, 0.2) is 54.0 Å². The predicted octanol–water partition coefficient (Wildman–Crippen LogP) is 4.22. The Morgan fingerprint density at radius 2 is 2.00 bits per heavy atom. The van der Waals surface area contributed by atoms with E-state index >= 15 is 0 Å². The molecule has 0 spiro atoms. The minimum atomic E-state index is -0.959. The zero-order chi connectivity index (χ0) is 16.2. The van der Waals surface area contributed by atoms with Crippen LogP contribution >= 0.6 is 11.3 Å². The quantitative estimate of drug-likeness (QED) is 0.720. The molecule has 0 amide bonds. The molecule has 0 saturated carbocycles. The third kappa shape index (κ3) is 3.31. The highest BCUT2D eigenvalue weighted by molar-refractivity contribution is 7.10. The van der Waals surface area contributed by atoms with Crippen molar-refractivity contribution >= 4 is 17.3 Å². The highest BCUT2D eigenvalue weighted by Crippen LogP contribution is 2.28. The number of nitrogens with zero attached hydrogens (tertiary/aromatic N) is 1. The third-order valence-corrected chi connectivity index (χ3v) is 4.03. The first kappa shape index (κ1) is 15.0. The molecule has 0 aliphatic carbocycles. The normalized spacial score (nSPS) is 9.96. The fraction of sp³-hybridized carbons (Fsp3) is 0.0526. The Bertz CT molecular complexity index is 918. The lowest BCUT2D eigenvalue weighted by Crippen LogP contribution is -2.01. The molecule has 0 unspecified atom stereocenters. The lowest BCUT2D eigenvalue weighted by Gasteiger charge is -2.10. The molecule has 1 aromatic heterocycles. The summed E-state index contributed by atoms with van der Waals surface area (Å²) in [4.78, 5) is 15.7. The summed E-state index contributed by atoms with van der Waals surface area (Å²) in [7, 11) is 0. The second kappa shape index (κ2) is 6.47. The number of carboxylic acids is 1. The van der Waals surface area contributed by atoms with Crippen molar-refractivity contribution in [2.24, 2.45) is 0 Å². The maximum absolute atomic E-state index is 11.6. The van der Waals surface area contributed by atoms with Crippen LogP contribution in [0.5, 0.6) is 0 Å². The fourth-order valence-electron chi connectivity index (χ4n) is 2.35. The largest absolute Gasteiger partial charge is 0.478 e. The summed E-state index contributed by atoms with van der Waals surface area (Å²) in [5.74, 6) is 5.10. The van der Waals surface area contributed by atoms with Gasteiger partial charge in [0.15, 0.2) is 5.01 Å². The van der Waals surface area contributed by atoms with Gasteiger partial charge >= 0.3 is 5.97 Å². The minimum absolute atomic E-state index is 0.251. The molecule has 2 aromatic carbocycles. The molecule has 0 bridgehead atoms. The Labute approximate surface area is 138 Å². The van der Waals surface area contributed by atoms with Crippen LogP contribution in [0.2, 0.25) is 0 Å². The van der Waals surface area contributed by atoms with Gasteiger partial charge in [-0.3, -0.25) is 0 Å². The first-order valence-corrected chi connectivity index (χ1v) is 7.88. The number of aromatic nitrogens is 1. The van der Waals surface area contributed by atoms with Crippen LogP contribution in [-0.4, -0.2) is 16.1 Å². The molecule has 0 atom stereocenters. The van der Waals surface area contributed by atoms with Crippen molar-refractivity contribution in [2.75, 3.05) is 0 Å². The van der Waals surface area contributed by atoms with Gasteiger partial charge in [-0.15, -0.1) is 11.3 Å². The summed E-state index contributed by atoms with van der Waals surface area (Å²) in [6, 6.07) is 12.9. The molecule has 1 heterocycles. The lowest BCUT2D eigenvalue weighted by molar-refractivity contribution is 0.0697. The average molecular weight is 319 g/mol. The average Bonchev–Trinajstić information content (AvgIpc) is 3.06. The van der Waals surface area contributed by atoms with Crippen molar-refractivity contribution in [1.82, 2.24) is 4.98 Å². The summed E-state index contributed by atoms with van der Waals surface area (Å²) in [6.07, 6.45) is 1.70. The van der Waals surface area contributed by atoms with Crippen LogP contribution in [0.25, 0.3) is 11.1 Å². The Kier molecular flexibility index (Phi) is 4.22. The van der Waals surface area contributed by atoms with E-state index in [1.165, 1.54) is 11.3 Å². The summed E-state index contributed by atoms with van der Waals surface area (Å²) < 4.78 is 0. The number of carbonyl (C=O) groups is 1. The van der Waals surface area contributed by atoms with Crippen LogP contribution < -0.4 is 0 Å². The molecule has 3 rings (SSSR count). The Balaban J connectivity index is 2.20. The Morgan fingerprint density at radius 1 is 1.17 bits per heavy atom. The molecule has 0 aliphatic heterocycles. The van der Waals surface area contributed by atoms with Crippen LogP contribution in [0.3, 0.4) is 0 Å². The summed E-state index contributed by atoms with van der Waals surface area (Å²) >= 11 is 1.46. The molecular weight excluding hydrogens is 306 g/mol. The monoisotopic (exact) mass is 319 g/mol. The van der Waals surface area contributed by atoms with Gasteiger partial charge in [0.05, 0.1) is 5.56 Å². The number of hydrogen-bond acceptors (Lipinski definition) is 3. The number of hydrogen-bond donors (Lipinski definition) is 1. The molecular formula is C19H13NO2S. The summed E-state index contributed by atoms with van der Waals surface area (Å²) in [6.45, 7) is 1.98. The Hall–Kier alpha value is -2.90. The smallest absolute Gasteiger partial charge is 0.336 e. The maximum atomic E-state index is 11.6. The van der Waals surface area contributed by atoms with Crippen molar-refractivity contribution in [1.29, 1.82) is 0 Å². The maximum Gasteiger partial charge on any atom is 0.336 e. The number of benzene rings is 2. The molecule has 4 heteroatoms. The molecule has 0 fully saturated rings. The molecule has 23 heavy (non-hydrogen) atoms. The molecule has 1 N–H and O–H groups in total. The molecule has 0 aliphatic rings. The van der Waals surface area contributed by atoms with Crippen molar-refractivity contribution in [3.8, 4) is 23.0 Å². The van der Waals surface area contributed by atoms with E-state index in [1.54, 1.807) is 18.3 Å². The minimum Gasteiger partial charge on any atom is -0.478 e. The van der Waals surface area contributed by atoms with Gasteiger partial charge in [0.25, 0.3) is 0 Å². The zero-order valence-corrected chi connectivity index (χ0v) is 13.2. The van der Waals surface area contributed by atoms with Gasteiger partial charge in [0, 0.05) is 22.7 Å². The van der Waals surface area contributed by atoms with E-state index in [0.717, 1.165) is 11.1 Å². The van der Waals surface area contributed by atoms with Crippen LogP contribution in [0, 0.1) is 18.8 Å². The summed E-state index contributed by atoms with van der Waals surface area (Å²) in [5.41, 5.74) is 3.51. The lowest BCUT2D eigenvalue weighted by atomic mass is 9.93. The van der Waals surface area contributed by atoms with Crippen molar-refractivity contribution in [3.05, 3.63) is 75.7 Å². The second-order valence-electron chi connectivity index (χ2n) is 4.99. The number of aryl methyl sites for hydroxylation is 1. The van der Waals surface area contributed by atoms with Gasteiger partial charge in [0.1, 0.15) is 0 Å². The molecule has 0 saturated heterocycles. The van der Waals surface area contributed by atoms with E-state index in [2.05, 4.69) is 16.8 Å². The van der Waals surface area contributed by atoms with Crippen molar-refractivity contribution in [2.45, 2.75) is 6.92 Å². The van der Waals surface area contributed by atoms with Gasteiger partial charge in [-0.05, 0) is 30.5 Å². The molecule has 3 aromatic rings. The first-order chi connectivity index (χ1) is 11.1. The van der Waals surface area contributed by atoms with Gasteiger partial charge in [-0.25, -0.2) is 9.78 Å². The SMILES string of the molecule is Cc1cccc(-c2c(C#Cc3nccs3)cccc2C(=O)O)c1. The fourth-order valence-corrected chi connectivity index (χ4v) is 2.83. The first-order valence-electron chi connectivity index (χ1n) is 7.00. The standard InChI is InChI=1S/C19H13NO2S/c1-13-4-2-6-15(12-13)18-14(5-3-7-16(18)19(21)22)8-9-17-20-10-11-23-17/h2-7,10-12H,1H3,(H,21,22). The van der Waals surface area contributed by atoms with E-state index in [-0.39, 0.29) is 5.56 Å². The van der Waals surface area contributed by atoms with Gasteiger partial charge < -0.3 is 5.11 Å². The third-order valence-electron chi connectivity index (χ3n) is 3.34. The number of carboxylic acid groups (broad SMARTS) is 1. The van der Waals surface area contributed by atoms with E-state index in [1.807, 2.05) is 42.6 Å². The predicted molar refractivity (Wildman–Crippen MR) is 91.7 cm³/mol. The molecule has 112 valence electrons. The Morgan fingerprint density at radius 3 is 2.70 bits per heavy atom. The van der Waals surface area contributed by atoms with E-state index in [9.17, 15) is 9.90 Å². The topological polar surface area (TPSA) is 50.2 Å². The number of aromatic carboxylic acids is 1. The van der Waals surface area contributed by atoms with Crippen LogP contribution in [-0.2, 0) is 0 Å². The number of rotatable bonds is 2. The van der Waals surface area contributed by atoms with Crippen molar-refractivity contribution < 1.29 is 9.90 Å². The van der Waals surface area contributed by atoms with Gasteiger partial charge in [-0.2, -0.15) is 0 Å². The van der Waals surface area contributed by atoms with E-state index < -0.39 is 5.97 Å². The summed E-state index contributed by atoms with van der Waals surface area (Å²) in [5, 5.41) is 12.1. The van der Waals surface area contributed by atoms with Gasteiger partial charge in [0.2, 0.25) is 0 Å². The molecule has 0 radical (unpaired) electrons. The van der Waals surface area contributed by atoms with Crippen LogP contribution in [0.1, 0.15) is 26.5 Å². The van der Waals surface area contributed by atoms with Crippen LogP contribution in [0.4, 0.5) is 0 Å². The molecule has 3 nitrogen and oxygen atoms in total. The second-order valence-corrected chi connectivity index (χ2v) is 5.88. The van der Waals surface area contributed by atoms with E-state index in [0.29, 0.717) is 16.1 Å². The van der Waals surface area contributed by atoms with Gasteiger partial charge in [-0.1, -0.05) is 41.8 Å². The van der Waals surface area contributed by atoms with Crippen molar-refractivity contribution in [3.63, 3.8) is 0 Å².